The molecule has 0 aromatic heterocycles. The van der Waals surface area contributed by atoms with Crippen LogP contribution < -0.4 is 14.4 Å². The number of fused-ring (bicyclic) bond motifs is 1. The Morgan fingerprint density at radius 2 is 1.93 bits per heavy atom. The predicted octanol–water partition coefficient (Wildman–Crippen LogP) is 4.31. The standard InChI is InChI=1S/C22H23F2NO4/c1-14(26)15-7-8-20(21(11-15)28-2)29-10-4-6-22(27)25-9-3-5-17-18(24)12-16(23)13-19(17)25/h7-8,11-13H,3-6,9-10H2,1-2H3. The van der Waals surface area contributed by atoms with Crippen LogP contribution in [0.2, 0.25) is 0 Å². The van der Waals surface area contributed by atoms with Crippen LogP contribution in [0, 0.1) is 11.6 Å². The molecule has 0 saturated heterocycles. The van der Waals surface area contributed by atoms with E-state index in [1.807, 2.05) is 0 Å². The van der Waals surface area contributed by atoms with Crippen molar-refractivity contribution in [1.29, 1.82) is 0 Å². The van der Waals surface area contributed by atoms with Gasteiger partial charge in [0.2, 0.25) is 5.91 Å². The third-order valence-electron chi connectivity index (χ3n) is 4.90. The van der Waals surface area contributed by atoms with Gasteiger partial charge in [0.1, 0.15) is 11.6 Å². The molecule has 154 valence electrons. The van der Waals surface area contributed by atoms with Gasteiger partial charge in [0, 0.05) is 30.2 Å². The summed E-state index contributed by atoms with van der Waals surface area (Å²) in [4.78, 5) is 25.5. The second-order valence-corrected chi connectivity index (χ2v) is 6.91. The van der Waals surface area contributed by atoms with Gasteiger partial charge in [-0.05, 0) is 50.5 Å². The number of carbonyl (C=O) groups is 2. The number of hydrogen-bond donors (Lipinski definition) is 0. The van der Waals surface area contributed by atoms with E-state index in [1.54, 1.807) is 18.2 Å². The first-order valence-electron chi connectivity index (χ1n) is 9.50. The van der Waals surface area contributed by atoms with Crippen molar-refractivity contribution in [3.05, 3.63) is 53.1 Å². The quantitative estimate of drug-likeness (QED) is 0.511. The summed E-state index contributed by atoms with van der Waals surface area (Å²) in [5, 5.41) is 0. The van der Waals surface area contributed by atoms with Gasteiger partial charge >= 0.3 is 0 Å². The lowest BCUT2D eigenvalue weighted by Gasteiger charge is -2.30. The normalized spacial score (nSPS) is 13.0. The van der Waals surface area contributed by atoms with E-state index in [1.165, 1.54) is 25.0 Å². The smallest absolute Gasteiger partial charge is 0.227 e. The van der Waals surface area contributed by atoms with Crippen LogP contribution in [0.15, 0.2) is 30.3 Å². The maximum absolute atomic E-state index is 14.0. The van der Waals surface area contributed by atoms with E-state index >= 15 is 0 Å². The molecule has 0 spiro atoms. The molecule has 0 fully saturated rings. The van der Waals surface area contributed by atoms with Crippen molar-refractivity contribution in [3.8, 4) is 11.5 Å². The number of Topliss-reactive ketones (excluding diaryl/α,β-unsaturated/α-hetero) is 1. The summed E-state index contributed by atoms with van der Waals surface area (Å²) in [6.45, 7) is 2.17. The highest BCUT2D eigenvalue weighted by molar-refractivity contribution is 5.95. The van der Waals surface area contributed by atoms with Gasteiger partial charge in [-0.3, -0.25) is 9.59 Å². The number of anilines is 1. The number of halogens is 2. The molecular formula is C22H23F2NO4. The van der Waals surface area contributed by atoms with Gasteiger partial charge in [-0.15, -0.1) is 0 Å². The molecule has 0 unspecified atom stereocenters. The summed E-state index contributed by atoms with van der Waals surface area (Å²) in [5.41, 5.74) is 1.23. The number of hydrogen-bond acceptors (Lipinski definition) is 4. The van der Waals surface area contributed by atoms with Gasteiger partial charge in [0.15, 0.2) is 17.3 Å². The molecular weight excluding hydrogens is 380 g/mol. The second kappa shape index (κ2) is 9.03. The SMILES string of the molecule is COc1cc(C(C)=O)ccc1OCCCC(=O)N1CCCc2c(F)cc(F)cc21. The van der Waals surface area contributed by atoms with E-state index in [0.29, 0.717) is 54.1 Å². The number of ether oxygens (including phenoxy) is 2. The second-order valence-electron chi connectivity index (χ2n) is 6.91. The van der Waals surface area contributed by atoms with Gasteiger partial charge in [0.05, 0.1) is 19.4 Å². The summed E-state index contributed by atoms with van der Waals surface area (Å²) in [5.74, 6) is -0.641. The molecule has 2 aromatic rings. The Balaban J connectivity index is 1.59. The zero-order valence-corrected chi connectivity index (χ0v) is 16.5. The highest BCUT2D eigenvalue weighted by Crippen LogP contribution is 2.31. The van der Waals surface area contributed by atoms with Crippen LogP contribution in [-0.4, -0.2) is 32.0 Å². The predicted molar refractivity (Wildman–Crippen MR) is 105 cm³/mol. The van der Waals surface area contributed by atoms with Crippen molar-refractivity contribution in [2.75, 3.05) is 25.2 Å². The van der Waals surface area contributed by atoms with Gasteiger partial charge in [0.25, 0.3) is 0 Å². The molecule has 0 bridgehead atoms. The minimum Gasteiger partial charge on any atom is -0.493 e. The lowest BCUT2D eigenvalue weighted by Crippen LogP contribution is -2.36. The first kappa shape index (κ1) is 20.8. The fourth-order valence-electron chi connectivity index (χ4n) is 3.42. The average molecular weight is 403 g/mol. The zero-order chi connectivity index (χ0) is 21.0. The Hall–Kier alpha value is -2.96. The van der Waals surface area contributed by atoms with E-state index < -0.39 is 11.6 Å². The van der Waals surface area contributed by atoms with Crippen LogP contribution in [0.3, 0.4) is 0 Å². The number of amides is 1. The van der Waals surface area contributed by atoms with Crippen molar-refractivity contribution in [3.63, 3.8) is 0 Å². The van der Waals surface area contributed by atoms with Crippen LogP contribution in [0.25, 0.3) is 0 Å². The van der Waals surface area contributed by atoms with Crippen molar-refractivity contribution in [1.82, 2.24) is 0 Å². The summed E-state index contributed by atoms with van der Waals surface area (Å²) in [6, 6.07) is 6.98. The first-order valence-corrected chi connectivity index (χ1v) is 9.50. The molecule has 0 radical (unpaired) electrons. The lowest BCUT2D eigenvalue weighted by molar-refractivity contribution is -0.118. The average Bonchev–Trinajstić information content (AvgIpc) is 2.70. The molecule has 2 aromatic carbocycles. The van der Waals surface area contributed by atoms with Crippen LogP contribution in [-0.2, 0) is 11.2 Å². The first-order chi connectivity index (χ1) is 13.9. The molecule has 0 aliphatic carbocycles. The van der Waals surface area contributed by atoms with Gasteiger partial charge < -0.3 is 14.4 Å². The number of nitrogens with zero attached hydrogens (tertiary/aromatic N) is 1. The largest absolute Gasteiger partial charge is 0.493 e. The maximum Gasteiger partial charge on any atom is 0.227 e. The molecule has 5 nitrogen and oxygen atoms in total. The van der Waals surface area contributed by atoms with Crippen LogP contribution in [0.4, 0.5) is 14.5 Å². The number of benzene rings is 2. The number of methoxy groups -OCH3 is 1. The zero-order valence-electron chi connectivity index (χ0n) is 16.5. The fraction of sp³-hybridized carbons (Fsp3) is 0.364. The topological polar surface area (TPSA) is 55.8 Å². The van der Waals surface area contributed by atoms with Crippen molar-refractivity contribution in [2.45, 2.75) is 32.6 Å². The molecule has 1 aliphatic rings. The monoisotopic (exact) mass is 403 g/mol. The Kier molecular flexibility index (Phi) is 6.46. The van der Waals surface area contributed by atoms with Crippen molar-refractivity contribution < 1.29 is 27.8 Å². The number of rotatable bonds is 7. The lowest BCUT2D eigenvalue weighted by atomic mass is 10.0. The maximum atomic E-state index is 14.0. The van der Waals surface area contributed by atoms with Gasteiger partial charge in [-0.25, -0.2) is 8.78 Å². The minimum absolute atomic E-state index is 0.0740. The van der Waals surface area contributed by atoms with E-state index in [-0.39, 0.29) is 24.7 Å². The number of carbonyl (C=O) groups excluding carboxylic acids is 2. The summed E-state index contributed by atoms with van der Waals surface area (Å²) >= 11 is 0. The molecule has 29 heavy (non-hydrogen) atoms. The van der Waals surface area contributed by atoms with E-state index in [9.17, 15) is 18.4 Å². The molecule has 0 saturated carbocycles. The van der Waals surface area contributed by atoms with E-state index in [4.69, 9.17) is 9.47 Å². The Bertz CT molecular complexity index is 929. The highest BCUT2D eigenvalue weighted by Gasteiger charge is 2.25. The molecule has 1 heterocycles. The summed E-state index contributed by atoms with van der Waals surface area (Å²) in [6.07, 6.45) is 1.74. The van der Waals surface area contributed by atoms with E-state index in [0.717, 1.165) is 6.07 Å². The van der Waals surface area contributed by atoms with Crippen molar-refractivity contribution >= 4 is 17.4 Å². The third kappa shape index (κ3) is 4.72. The van der Waals surface area contributed by atoms with Crippen LogP contribution in [0.1, 0.15) is 42.1 Å². The Morgan fingerprint density at radius 1 is 1.14 bits per heavy atom. The fourth-order valence-corrected chi connectivity index (χ4v) is 3.42. The molecule has 1 amide bonds. The molecule has 0 atom stereocenters. The summed E-state index contributed by atoms with van der Waals surface area (Å²) < 4.78 is 38.5. The minimum atomic E-state index is -0.689. The third-order valence-corrected chi connectivity index (χ3v) is 4.90. The van der Waals surface area contributed by atoms with Gasteiger partial charge in [-0.1, -0.05) is 0 Å². The van der Waals surface area contributed by atoms with Crippen molar-refractivity contribution in [2.24, 2.45) is 0 Å². The highest BCUT2D eigenvalue weighted by atomic mass is 19.1. The molecule has 7 heteroatoms. The van der Waals surface area contributed by atoms with Gasteiger partial charge in [-0.2, -0.15) is 0 Å². The van der Waals surface area contributed by atoms with E-state index in [2.05, 4.69) is 0 Å². The Labute approximate surface area is 168 Å². The molecule has 1 aliphatic heterocycles. The van der Waals surface area contributed by atoms with Crippen LogP contribution >= 0.6 is 0 Å². The number of ketones is 1. The molecule has 0 N–H and O–H groups in total. The summed E-state index contributed by atoms with van der Waals surface area (Å²) in [7, 11) is 1.49. The Morgan fingerprint density at radius 3 is 2.66 bits per heavy atom. The molecule has 3 rings (SSSR count). The van der Waals surface area contributed by atoms with Crippen LogP contribution in [0.5, 0.6) is 11.5 Å².